The third kappa shape index (κ3) is 2.77. The summed E-state index contributed by atoms with van der Waals surface area (Å²) in [5.41, 5.74) is -0.0550. The number of halogens is 4. The van der Waals surface area contributed by atoms with Gasteiger partial charge in [0.05, 0.1) is 5.56 Å². The lowest BCUT2D eigenvalue weighted by molar-refractivity contribution is 0.146. The van der Waals surface area contributed by atoms with Crippen molar-refractivity contribution in [3.63, 3.8) is 0 Å². The number of allylic oxidation sites excluding steroid dienone is 1. The Kier molecular flexibility index (Phi) is 4.01. The number of rotatable bonds is 3. The lowest BCUT2D eigenvalue weighted by atomic mass is 10.1. The molecule has 0 atom stereocenters. The van der Waals surface area contributed by atoms with Gasteiger partial charge < -0.3 is 0 Å². The first-order chi connectivity index (χ1) is 6.65. The molecule has 1 aromatic rings. The smallest absolute Gasteiger partial charge is 0.206 e. The fourth-order valence-electron chi connectivity index (χ4n) is 1.00. The summed E-state index contributed by atoms with van der Waals surface area (Å²) < 4.78 is 37.2. The third-order valence-electron chi connectivity index (χ3n) is 1.66. The molecule has 0 heterocycles. The summed E-state index contributed by atoms with van der Waals surface area (Å²) in [6.07, 6.45) is 0.407. The molecule has 4 heteroatoms. The molecular weight excluding hydrogens is 213 g/mol. The summed E-state index contributed by atoms with van der Waals surface area (Å²) in [4.78, 5) is 0. The van der Waals surface area contributed by atoms with Gasteiger partial charge in [0.25, 0.3) is 6.43 Å². The summed E-state index contributed by atoms with van der Waals surface area (Å²) in [7, 11) is 0. The molecule has 0 unspecified atom stereocenters. The van der Waals surface area contributed by atoms with Gasteiger partial charge in [-0.25, -0.2) is 13.2 Å². The van der Waals surface area contributed by atoms with Crippen molar-refractivity contribution >= 4 is 17.7 Å². The van der Waals surface area contributed by atoms with E-state index >= 15 is 0 Å². The second-order valence-corrected chi connectivity index (χ2v) is 2.95. The predicted molar refractivity (Wildman–Crippen MR) is 51.1 cm³/mol. The molecule has 0 saturated carbocycles. The Morgan fingerprint density at radius 3 is 2.57 bits per heavy atom. The maximum atomic E-state index is 13.0. The molecule has 0 bridgehead atoms. The van der Waals surface area contributed by atoms with Crippen molar-refractivity contribution in [2.24, 2.45) is 0 Å². The highest BCUT2D eigenvalue weighted by atomic mass is 35.5. The Morgan fingerprint density at radius 2 is 2.07 bits per heavy atom. The van der Waals surface area contributed by atoms with E-state index in [1.54, 1.807) is 12.2 Å². The van der Waals surface area contributed by atoms with Gasteiger partial charge in [0.15, 0.2) is 0 Å². The number of hydrogen-bond donors (Lipinski definition) is 0. The van der Waals surface area contributed by atoms with Crippen LogP contribution in [-0.4, -0.2) is 5.88 Å². The van der Waals surface area contributed by atoms with Gasteiger partial charge >= 0.3 is 0 Å². The number of alkyl halides is 3. The van der Waals surface area contributed by atoms with Gasteiger partial charge in [0.2, 0.25) is 0 Å². The minimum Gasteiger partial charge on any atom is -0.206 e. The zero-order chi connectivity index (χ0) is 10.6. The van der Waals surface area contributed by atoms with Gasteiger partial charge in [0, 0.05) is 5.88 Å². The first kappa shape index (κ1) is 11.1. The van der Waals surface area contributed by atoms with Crippen molar-refractivity contribution < 1.29 is 13.2 Å². The SMILES string of the molecule is Fc1cc(C=CCCl)ccc1C(F)F. The molecular formula is C10H8ClF3. The molecule has 1 rings (SSSR count). The van der Waals surface area contributed by atoms with Crippen molar-refractivity contribution in [3.05, 3.63) is 41.2 Å². The molecule has 0 fully saturated rings. The molecule has 0 aliphatic rings. The lowest BCUT2D eigenvalue weighted by Gasteiger charge is -2.02. The van der Waals surface area contributed by atoms with Crippen molar-refractivity contribution in [3.8, 4) is 0 Å². The molecule has 0 saturated heterocycles. The fourth-order valence-corrected chi connectivity index (χ4v) is 1.09. The van der Waals surface area contributed by atoms with Crippen LogP contribution in [0, 0.1) is 5.82 Å². The quantitative estimate of drug-likeness (QED) is 0.675. The highest BCUT2D eigenvalue weighted by molar-refractivity contribution is 6.19. The zero-order valence-corrected chi connectivity index (χ0v) is 7.94. The standard InChI is InChI=1S/C10H8ClF3/c11-5-1-2-7-3-4-8(10(13)14)9(12)6-7/h1-4,6,10H,5H2. The Balaban J connectivity index is 2.94. The molecule has 0 nitrogen and oxygen atoms in total. The Morgan fingerprint density at radius 1 is 1.36 bits per heavy atom. The van der Waals surface area contributed by atoms with Gasteiger partial charge in [0.1, 0.15) is 5.82 Å². The van der Waals surface area contributed by atoms with E-state index in [1.807, 2.05) is 0 Å². The number of hydrogen-bond acceptors (Lipinski definition) is 0. The largest absolute Gasteiger partial charge is 0.266 e. The van der Waals surface area contributed by atoms with E-state index in [0.717, 1.165) is 12.1 Å². The van der Waals surface area contributed by atoms with Crippen LogP contribution in [0.2, 0.25) is 0 Å². The molecule has 1 aromatic carbocycles. The Labute approximate surface area is 85.0 Å². The summed E-state index contributed by atoms with van der Waals surface area (Å²) in [5, 5.41) is 0. The van der Waals surface area contributed by atoms with Crippen molar-refractivity contribution in [2.45, 2.75) is 6.43 Å². The van der Waals surface area contributed by atoms with Crippen LogP contribution in [0.5, 0.6) is 0 Å². The molecule has 0 aliphatic heterocycles. The Hall–Kier alpha value is -0.960. The monoisotopic (exact) mass is 220 g/mol. The first-order valence-corrected chi connectivity index (χ1v) is 4.48. The molecule has 14 heavy (non-hydrogen) atoms. The highest BCUT2D eigenvalue weighted by Gasteiger charge is 2.12. The normalized spacial score (nSPS) is 11.5. The predicted octanol–water partition coefficient (Wildman–Crippen LogP) is 4.02. The fraction of sp³-hybridized carbons (Fsp3) is 0.200. The van der Waals surface area contributed by atoms with Gasteiger partial charge in [-0.1, -0.05) is 18.2 Å². The van der Waals surface area contributed by atoms with E-state index in [-0.39, 0.29) is 0 Å². The zero-order valence-electron chi connectivity index (χ0n) is 7.18. The van der Waals surface area contributed by atoms with E-state index in [1.165, 1.54) is 6.07 Å². The molecule has 0 aromatic heterocycles. The summed E-state index contributed by atoms with van der Waals surface area (Å²) in [5.74, 6) is -0.588. The van der Waals surface area contributed by atoms with Crippen molar-refractivity contribution in [2.75, 3.05) is 5.88 Å². The molecule has 0 amide bonds. The van der Waals surface area contributed by atoms with E-state index < -0.39 is 17.8 Å². The van der Waals surface area contributed by atoms with Crippen LogP contribution in [-0.2, 0) is 0 Å². The van der Waals surface area contributed by atoms with Crippen LogP contribution in [0.25, 0.3) is 6.08 Å². The van der Waals surface area contributed by atoms with Crippen molar-refractivity contribution in [1.82, 2.24) is 0 Å². The van der Waals surface area contributed by atoms with Crippen LogP contribution in [0.4, 0.5) is 13.2 Å². The minimum atomic E-state index is -2.78. The number of benzene rings is 1. The lowest BCUT2D eigenvalue weighted by Crippen LogP contribution is -1.90. The van der Waals surface area contributed by atoms with E-state index in [0.29, 0.717) is 11.4 Å². The van der Waals surface area contributed by atoms with Crippen LogP contribution in [0.3, 0.4) is 0 Å². The minimum absolute atomic E-state index is 0.304. The highest BCUT2D eigenvalue weighted by Crippen LogP contribution is 2.22. The first-order valence-electron chi connectivity index (χ1n) is 3.95. The van der Waals surface area contributed by atoms with Crippen LogP contribution in [0.1, 0.15) is 17.6 Å². The molecule has 0 N–H and O–H groups in total. The molecule has 0 radical (unpaired) electrons. The van der Waals surface area contributed by atoms with Crippen LogP contribution >= 0.6 is 11.6 Å². The van der Waals surface area contributed by atoms with E-state index in [4.69, 9.17) is 11.6 Å². The second kappa shape index (κ2) is 5.05. The van der Waals surface area contributed by atoms with E-state index in [9.17, 15) is 13.2 Å². The summed E-state index contributed by atoms with van der Waals surface area (Å²) in [6, 6.07) is 3.56. The Bertz CT molecular complexity index is 334. The van der Waals surface area contributed by atoms with Crippen LogP contribution in [0.15, 0.2) is 24.3 Å². The summed E-state index contributed by atoms with van der Waals surface area (Å²) in [6.45, 7) is 0. The molecule has 0 spiro atoms. The topological polar surface area (TPSA) is 0 Å². The maximum Gasteiger partial charge on any atom is 0.266 e. The van der Waals surface area contributed by atoms with Gasteiger partial charge in [-0.2, -0.15) is 0 Å². The molecule has 76 valence electrons. The molecule has 0 aliphatic carbocycles. The average Bonchev–Trinajstić information content (AvgIpc) is 2.14. The maximum absolute atomic E-state index is 13.0. The second-order valence-electron chi connectivity index (χ2n) is 2.64. The summed E-state index contributed by atoms with van der Waals surface area (Å²) >= 11 is 5.37. The van der Waals surface area contributed by atoms with Crippen LogP contribution < -0.4 is 0 Å². The van der Waals surface area contributed by atoms with Crippen molar-refractivity contribution in [1.29, 1.82) is 0 Å². The van der Waals surface area contributed by atoms with Gasteiger partial charge in [-0.05, 0) is 17.7 Å². The third-order valence-corrected chi connectivity index (χ3v) is 1.84. The van der Waals surface area contributed by atoms with E-state index in [2.05, 4.69) is 0 Å². The van der Waals surface area contributed by atoms with Gasteiger partial charge in [-0.15, -0.1) is 11.6 Å². The van der Waals surface area contributed by atoms with Gasteiger partial charge in [-0.3, -0.25) is 0 Å². The average molecular weight is 221 g/mol.